The predicted octanol–water partition coefficient (Wildman–Crippen LogP) is 3.14. The zero-order valence-electron chi connectivity index (χ0n) is 11.9. The average Bonchev–Trinajstić information content (AvgIpc) is 3.25. The lowest BCUT2D eigenvalue weighted by Gasteiger charge is -2.08. The average molecular weight is 269 g/mol. The third kappa shape index (κ3) is 3.33. The molecule has 104 valence electrons. The van der Waals surface area contributed by atoms with E-state index in [2.05, 4.69) is 35.2 Å². The van der Waals surface area contributed by atoms with Crippen molar-refractivity contribution in [3.63, 3.8) is 0 Å². The van der Waals surface area contributed by atoms with Crippen molar-refractivity contribution in [1.29, 1.82) is 0 Å². The van der Waals surface area contributed by atoms with Crippen molar-refractivity contribution in [3.8, 4) is 11.6 Å². The number of hydrogen-bond donors (Lipinski definition) is 1. The summed E-state index contributed by atoms with van der Waals surface area (Å²) in [6.07, 6.45) is 5.97. The van der Waals surface area contributed by atoms with Crippen LogP contribution >= 0.6 is 0 Å². The Bertz CT molecular complexity index is 608. The van der Waals surface area contributed by atoms with Crippen LogP contribution in [0.2, 0.25) is 0 Å². The Morgan fingerprint density at radius 3 is 2.80 bits per heavy atom. The van der Waals surface area contributed by atoms with Gasteiger partial charge in [0.15, 0.2) is 0 Å². The van der Waals surface area contributed by atoms with E-state index >= 15 is 0 Å². The number of nitrogens with zero attached hydrogens (tertiary/aromatic N) is 2. The summed E-state index contributed by atoms with van der Waals surface area (Å²) in [5.74, 6) is 1.35. The van der Waals surface area contributed by atoms with Gasteiger partial charge in [0, 0.05) is 18.8 Å². The molecule has 0 bridgehead atoms. The molecule has 1 aromatic heterocycles. The molecule has 1 aliphatic rings. The Kier molecular flexibility index (Phi) is 3.65. The zero-order chi connectivity index (χ0) is 13.9. The molecule has 1 aliphatic carbocycles. The maximum atomic E-state index is 5.78. The second-order valence-electron chi connectivity index (χ2n) is 5.35. The molecule has 1 N–H and O–H groups in total. The minimum absolute atomic E-state index is 0.545. The number of ether oxygens (including phenoxy) is 1. The molecule has 0 radical (unpaired) electrons. The number of rotatable bonds is 5. The van der Waals surface area contributed by atoms with Crippen molar-refractivity contribution in [2.75, 3.05) is 0 Å². The molecule has 0 amide bonds. The SMILES string of the molecule is Cc1ccc(Oc2cncc(CNC3CC3)n2)cc1C. The van der Waals surface area contributed by atoms with Gasteiger partial charge in [0.1, 0.15) is 5.75 Å². The maximum absolute atomic E-state index is 5.78. The standard InChI is InChI=1S/C16H19N3O/c1-11-3-6-15(7-12(11)2)20-16-10-17-8-14(19-16)9-18-13-4-5-13/h3,6-8,10,13,18H,4-5,9H2,1-2H3. The van der Waals surface area contributed by atoms with Crippen LogP contribution in [0.1, 0.15) is 29.7 Å². The van der Waals surface area contributed by atoms with E-state index in [1.165, 1.54) is 24.0 Å². The highest BCUT2D eigenvalue weighted by Crippen LogP contribution is 2.22. The van der Waals surface area contributed by atoms with Gasteiger partial charge in [-0.2, -0.15) is 0 Å². The van der Waals surface area contributed by atoms with Gasteiger partial charge >= 0.3 is 0 Å². The van der Waals surface area contributed by atoms with Crippen LogP contribution in [-0.2, 0) is 6.54 Å². The Morgan fingerprint density at radius 1 is 1.20 bits per heavy atom. The maximum Gasteiger partial charge on any atom is 0.238 e. The largest absolute Gasteiger partial charge is 0.437 e. The van der Waals surface area contributed by atoms with Crippen LogP contribution in [0.3, 0.4) is 0 Å². The van der Waals surface area contributed by atoms with E-state index in [-0.39, 0.29) is 0 Å². The van der Waals surface area contributed by atoms with Gasteiger partial charge in [-0.1, -0.05) is 6.07 Å². The third-order valence-electron chi connectivity index (χ3n) is 3.51. The summed E-state index contributed by atoms with van der Waals surface area (Å²) in [5, 5.41) is 3.42. The van der Waals surface area contributed by atoms with Gasteiger partial charge in [0.25, 0.3) is 0 Å². The quantitative estimate of drug-likeness (QED) is 0.906. The van der Waals surface area contributed by atoms with Gasteiger partial charge in [-0.25, -0.2) is 4.98 Å². The van der Waals surface area contributed by atoms with E-state index in [1.807, 2.05) is 12.1 Å². The topological polar surface area (TPSA) is 47.0 Å². The molecule has 1 heterocycles. The van der Waals surface area contributed by atoms with Gasteiger partial charge in [-0.3, -0.25) is 4.98 Å². The molecule has 2 aromatic rings. The molecule has 4 nitrogen and oxygen atoms in total. The first-order valence-corrected chi connectivity index (χ1v) is 7.00. The van der Waals surface area contributed by atoms with Gasteiger partial charge in [-0.05, 0) is 49.9 Å². The van der Waals surface area contributed by atoms with Crippen molar-refractivity contribution >= 4 is 0 Å². The highest BCUT2D eigenvalue weighted by Gasteiger charge is 2.20. The van der Waals surface area contributed by atoms with Gasteiger partial charge in [-0.15, -0.1) is 0 Å². The summed E-state index contributed by atoms with van der Waals surface area (Å²) in [4.78, 5) is 8.66. The van der Waals surface area contributed by atoms with Crippen molar-refractivity contribution in [2.45, 2.75) is 39.3 Å². The molecule has 0 unspecified atom stereocenters. The summed E-state index contributed by atoms with van der Waals surface area (Å²) >= 11 is 0. The van der Waals surface area contributed by atoms with Gasteiger partial charge in [0.2, 0.25) is 5.88 Å². The van der Waals surface area contributed by atoms with Crippen molar-refractivity contribution in [3.05, 3.63) is 47.4 Å². The lowest BCUT2D eigenvalue weighted by Crippen LogP contribution is -2.16. The van der Waals surface area contributed by atoms with Gasteiger partial charge < -0.3 is 10.1 Å². The minimum Gasteiger partial charge on any atom is -0.437 e. The first-order valence-electron chi connectivity index (χ1n) is 7.00. The molecule has 4 heteroatoms. The molecular formula is C16H19N3O. The first kappa shape index (κ1) is 13.1. The molecule has 1 fully saturated rings. The Labute approximate surface area is 119 Å². The summed E-state index contributed by atoms with van der Waals surface area (Å²) < 4.78 is 5.78. The fraction of sp³-hybridized carbons (Fsp3) is 0.375. The molecule has 0 atom stereocenters. The Morgan fingerprint density at radius 2 is 2.05 bits per heavy atom. The van der Waals surface area contributed by atoms with Crippen molar-refractivity contribution in [1.82, 2.24) is 15.3 Å². The number of benzene rings is 1. The number of aromatic nitrogens is 2. The third-order valence-corrected chi connectivity index (χ3v) is 3.51. The summed E-state index contributed by atoms with van der Waals surface area (Å²) in [7, 11) is 0. The van der Waals surface area contributed by atoms with Crippen LogP contribution in [0.25, 0.3) is 0 Å². The molecule has 3 rings (SSSR count). The van der Waals surface area contributed by atoms with E-state index in [9.17, 15) is 0 Å². The monoisotopic (exact) mass is 269 g/mol. The molecule has 1 saturated carbocycles. The molecule has 0 spiro atoms. The Balaban J connectivity index is 1.69. The van der Waals surface area contributed by atoms with E-state index in [1.54, 1.807) is 12.4 Å². The van der Waals surface area contributed by atoms with Crippen LogP contribution in [0, 0.1) is 13.8 Å². The van der Waals surface area contributed by atoms with Crippen LogP contribution in [0.4, 0.5) is 0 Å². The van der Waals surface area contributed by atoms with E-state index in [0.717, 1.165) is 18.0 Å². The van der Waals surface area contributed by atoms with Gasteiger partial charge in [0.05, 0.1) is 11.9 Å². The van der Waals surface area contributed by atoms with Crippen LogP contribution in [-0.4, -0.2) is 16.0 Å². The molecular weight excluding hydrogens is 250 g/mol. The molecule has 0 aliphatic heterocycles. The zero-order valence-corrected chi connectivity index (χ0v) is 11.9. The van der Waals surface area contributed by atoms with Crippen molar-refractivity contribution in [2.24, 2.45) is 0 Å². The van der Waals surface area contributed by atoms with Crippen molar-refractivity contribution < 1.29 is 4.74 Å². The fourth-order valence-electron chi connectivity index (χ4n) is 1.96. The number of aryl methyl sites for hydroxylation is 2. The lowest BCUT2D eigenvalue weighted by molar-refractivity contribution is 0.455. The highest BCUT2D eigenvalue weighted by atomic mass is 16.5. The summed E-state index contributed by atoms with van der Waals surface area (Å²) in [6.45, 7) is 4.91. The van der Waals surface area contributed by atoms with Crippen LogP contribution < -0.4 is 10.1 Å². The summed E-state index contributed by atoms with van der Waals surface area (Å²) in [5.41, 5.74) is 3.38. The summed E-state index contributed by atoms with van der Waals surface area (Å²) in [6, 6.07) is 6.70. The lowest BCUT2D eigenvalue weighted by atomic mass is 10.1. The second kappa shape index (κ2) is 5.59. The highest BCUT2D eigenvalue weighted by molar-refractivity contribution is 5.35. The normalized spacial score (nSPS) is 14.3. The number of nitrogens with one attached hydrogen (secondary N) is 1. The predicted molar refractivity (Wildman–Crippen MR) is 77.9 cm³/mol. The van der Waals surface area contributed by atoms with Crippen LogP contribution in [0.5, 0.6) is 11.6 Å². The van der Waals surface area contributed by atoms with Crippen LogP contribution in [0.15, 0.2) is 30.6 Å². The minimum atomic E-state index is 0.545. The molecule has 0 saturated heterocycles. The van der Waals surface area contributed by atoms with E-state index < -0.39 is 0 Å². The fourth-order valence-corrected chi connectivity index (χ4v) is 1.96. The molecule has 20 heavy (non-hydrogen) atoms. The second-order valence-corrected chi connectivity index (χ2v) is 5.35. The van der Waals surface area contributed by atoms with E-state index in [0.29, 0.717) is 11.9 Å². The smallest absolute Gasteiger partial charge is 0.238 e. The molecule has 1 aromatic carbocycles. The van der Waals surface area contributed by atoms with E-state index in [4.69, 9.17) is 4.74 Å². The first-order chi connectivity index (χ1) is 9.70. The Hall–Kier alpha value is -1.94. The number of hydrogen-bond acceptors (Lipinski definition) is 4.